The van der Waals surface area contributed by atoms with Crippen molar-refractivity contribution in [1.29, 1.82) is 0 Å². The zero-order valence-corrected chi connectivity index (χ0v) is 8.57. The highest BCUT2D eigenvalue weighted by molar-refractivity contribution is 6.28. The van der Waals surface area contributed by atoms with Crippen molar-refractivity contribution in [2.45, 2.75) is 6.54 Å². The topological polar surface area (TPSA) is 88.9 Å². The number of carbonyl (C=O) groups excluding carboxylic acids is 2. The molecule has 0 atom stereocenters. The van der Waals surface area contributed by atoms with Gasteiger partial charge in [-0.25, -0.2) is 4.79 Å². The van der Waals surface area contributed by atoms with Crippen molar-refractivity contribution < 1.29 is 9.59 Å². The van der Waals surface area contributed by atoms with E-state index in [1.807, 2.05) is 5.32 Å². The monoisotopic (exact) mass is 231 g/mol. The van der Waals surface area contributed by atoms with Crippen LogP contribution in [0.25, 0.3) is 0 Å². The molecular formula is C7H10ClN5O2. The van der Waals surface area contributed by atoms with E-state index in [2.05, 4.69) is 15.6 Å². The summed E-state index contributed by atoms with van der Waals surface area (Å²) in [7, 11) is 0. The number of amides is 3. The van der Waals surface area contributed by atoms with E-state index in [1.165, 1.54) is 6.20 Å². The van der Waals surface area contributed by atoms with E-state index in [0.717, 1.165) is 0 Å². The van der Waals surface area contributed by atoms with Crippen LogP contribution in [-0.2, 0) is 11.3 Å². The Hall–Kier alpha value is -1.63. The minimum Gasteiger partial charge on any atom is -0.336 e. The standard InChI is InChI=1S/C7H10ClN5O2/c8-5-6(14)11-7(15)9-1-3-13-4-2-10-12-13/h2,4H,1,3,5H2,(H2,9,11,14,15). The number of hydrogen-bond acceptors (Lipinski definition) is 4. The molecule has 0 aliphatic heterocycles. The third-order valence-corrected chi connectivity index (χ3v) is 1.72. The number of urea groups is 1. The van der Waals surface area contributed by atoms with Gasteiger partial charge in [-0.3, -0.25) is 14.8 Å². The van der Waals surface area contributed by atoms with Gasteiger partial charge in [-0.05, 0) is 0 Å². The zero-order chi connectivity index (χ0) is 11.1. The quantitative estimate of drug-likeness (QED) is 0.674. The van der Waals surface area contributed by atoms with Crippen LogP contribution in [0.15, 0.2) is 12.4 Å². The maximum Gasteiger partial charge on any atom is 0.321 e. The largest absolute Gasteiger partial charge is 0.336 e. The molecular weight excluding hydrogens is 222 g/mol. The number of alkyl halides is 1. The van der Waals surface area contributed by atoms with Gasteiger partial charge in [0, 0.05) is 12.7 Å². The molecule has 0 aliphatic rings. The van der Waals surface area contributed by atoms with E-state index in [9.17, 15) is 9.59 Å². The SMILES string of the molecule is O=C(CCl)NC(=O)NCCn1ccnn1. The van der Waals surface area contributed by atoms with E-state index in [0.29, 0.717) is 13.1 Å². The van der Waals surface area contributed by atoms with Gasteiger partial charge in [0.05, 0.1) is 12.7 Å². The average Bonchev–Trinajstić information content (AvgIpc) is 2.70. The molecule has 0 radical (unpaired) electrons. The molecule has 1 heterocycles. The van der Waals surface area contributed by atoms with Gasteiger partial charge in [-0.15, -0.1) is 16.7 Å². The summed E-state index contributed by atoms with van der Waals surface area (Å²) in [5, 5.41) is 11.8. The van der Waals surface area contributed by atoms with Crippen LogP contribution in [-0.4, -0.2) is 39.4 Å². The maximum atomic E-state index is 11.0. The summed E-state index contributed by atoms with van der Waals surface area (Å²) in [5.74, 6) is -0.772. The highest BCUT2D eigenvalue weighted by atomic mass is 35.5. The molecule has 7 nitrogen and oxygen atoms in total. The van der Waals surface area contributed by atoms with Crippen LogP contribution in [0, 0.1) is 0 Å². The first kappa shape index (κ1) is 11.4. The summed E-state index contributed by atoms with van der Waals surface area (Å²) in [5.41, 5.74) is 0. The molecule has 0 saturated carbocycles. The fourth-order valence-corrected chi connectivity index (χ4v) is 0.907. The number of nitrogens with zero attached hydrogens (tertiary/aromatic N) is 3. The first-order valence-corrected chi connectivity index (χ1v) is 4.73. The summed E-state index contributed by atoms with van der Waals surface area (Å²) < 4.78 is 1.56. The molecule has 0 spiro atoms. The highest BCUT2D eigenvalue weighted by Gasteiger charge is 2.04. The number of rotatable bonds is 4. The molecule has 0 unspecified atom stereocenters. The Labute approximate surface area is 90.8 Å². The van der Waals surface area contributed by atoms with Crippen LogP contribution in [0.2, 0.25) is 0 Å². The van der Waals surface area contributed by atoms with E-state index in [4.69, 9.17) is 11.6 Å². The molecule has 0 aliphatic carbocycles. The summed E-state index contributed by atoms with van der Waals surface area (Å²) in [6.07, 6.45) is 3.21. The summed E-state index contributed by atoms with van der Waals surface area (Å²) in [6, 6.07) is -0.569. The first-order valence-electron chi connectivity index (χ1n) is 4.20. The van der Waals surface area contributed by atoms with E-state index < -0.39 is 11.9 Å². The number of halogens is 1. The second-order valence-electron chi connectivity index (χ2n) is 2.60. The van der Waals surface area contributed by atoms with Crippen molar-refractivity contribution >= 4 is 23.5 Å². The van der Waals surface area contributed by atoms with Crippen molar-refractivity contribution in [3.8, 4) is 0 Å². The predicted molar refractivity (Wildman–Crippen MR) is 52.3 cm³/mol. The third-order valence-electron chi connectivity index (χ3n) is 1.47. The lowest BCUT2D eigenvalue weighted by Crippen LogP contribution is -2.41. The Balaban J connectivity index is 2.15. The molecule has 0 saturated heterocycles. The molecule has 1 rings (SSSR count). The Kier molecular flexibility index (Phi) is 4.55. The smallest absolute Gasteiger partial charge is 0.321 e. The van der Waals surface area contributed by atoms with Crippen LogP contribution in [0.1, 0.15) is 0 Å². The molecule has 3 amide bonds. The van der Waals surface area contributed by atoms with Crippen LogP contribution in [0.4, 0.5) is 4.79 Å². The van der Waals surface area contributed by atoms with E-state index >= 15 is 0 Å². The lowest BCUT2D eigenvalue weighted by atomic mass is 10.6. The van der Waals surface area contributed by atoms with Gasteiger partial charge < -0.3 is 5.32 Å². The fraction of sp³-hybridized carbons (Fsp3) is 0.429. The van der Waals surface area contributed by atoms with Gasteiger partial charge in [0.2, 0.25) is 5.91 Å². The second-order valence-corrected chi connectivity index (χ2v) is 2.87. The van der Waals surface area contributed by atoms with E-state index in [-0.39, 0.29) is 5.88 Å². The normalized spacial score (nSPS) is 9.67. The van der Waals surface area contributed by atoms with Gasteiger partial charge in [-0.1, -0.05) is 5.21 Å². The Morgan fingerprint density at radius 2 is 2.27 bits per heavy atom. The molecule has 82 valence electrons. The Morgan fingerprint density at radius 1 is 1.47 bits per heavy atom. The van der Waals surface area contributed by atoms with Crippen LogP contribution in [0.5, 0.6) is 0 Å². The van der Waals surface area contributed by atoms with Crippen LogP contribution < -0.4 is 10.6 Å². The molecule has 0 fully saturated rings. The van der Waals surface area contributed by atoms with E-state index in [1.54, 1.807) is 10.9 Å². The number of imide groups is 1. The molecule has 0 bridgehead atoms. The summed E-state index contributed by atoms with van der Waals surface area (Å²) >= 11 is 5.20. The lowest BCUT2D eigenvalue weighted by molar-refractivity contribution is -0.117. The molecule has 1 aromatic heterocycles. The van der Waals surface area contributed by atoms with Gasteiger partial charge in [0.1, 0.15) is 5.88 Å². The zero-order valence-electron chi connectivity index (χ0n) is 7.81. The Bertz CT molecular complexity index is 326. The van der Waals surface area contributed by atoms with Gasteiger partial charge in [0.15, 0.2) is 0 Å². The predicted octanol–water partition coefficient (Wildman–Crippen LogP) is -0.657. The lowest BCUT2D eigenvalue weighted by Gasteiger charge is -2.04. The minimum absolute atomic E-state index is 0.240. The van der Waals surface area contributed by atoms with Gasteiger partial charge in [0.25, 0.3) is 0 Å². The van der Waals surface area contributed by atoms with Crippen LogP contribution >= 0.6 is 11.6 Å². The molecule has 15 heavy (non-hydrogen) atoms. The number of nitrogens with one attached hydrogen (secondary N) is 2. The average molecular weight is 232 g/mol. The molecule has 0 aromatic carbocycles. The number of aromatic nitrogens is 3. The van der Waals surface area contributed by atoms with Crippen molar-refractivity contribution in [3.05, 3.63) is 12.4 Å². The van der Waals surface area contributed by atoms with Crippen molar-refractivity contribution in [2.24, 2.45) is 0 Å². The van der Waals surface area contributed by atoms with Crippen molar-refractivity contribution in [1.82, 2.24) is 25.6 Å². The fourth-order valence-electron chi connectivity index (χ4n) is 0.840. The number of carbonyl (C=O) groups is 2. The third kappa shape index (κ3) is 4.41. The summed E-state index contributed by atoms with van der Waals surface area (Å²) in [6.45, 7) is 0.841. The molecule has 8 heteroatoms. The van der Waals surface area contributed by atoms with Crippen LogP contribution in [0.3, 0.4) is 0 Å². The summed E-state index contributed by atoms with van der Waals surface area (Å²) in [4.78, 5) is 21.7. The molecule has 1 aromatic rings. The maximum absolute atomic E-state index is 11.0. The first-order chi connectivity index (χ1) is 7.22. The number of hydrogen-bond donors (Lipinski definition) is 2. The van der Waals surface area contributed by atoms with Crippen molar-refractivity contribution in [2.75, 3.05) is 12.4 Å². The Morgan fingerprint density at radius 3 is 2.87 bits per heavy atom. The van der Waals surface area contributed by atoms with Crippen molar-refractivity contribution in [3.63, 3.8) is 0 Å². The minimum atomic E-state index is -0.569. The highest BCUT2D eigenvalue weighted by Crippen LogP contribution is 1.79. The van der Waals surface area contributed by atoms with Gasteiger partial charge in [-0.2, -0.15) is 0 Å². The second kappa shape index (κ2) is 5.97. The van der Waals surface area contributed by atoms with Gasteiger partial charge >= 0.3 is 6.03 Å². The molecule has 2 N–H and O–H groups in total.